The molecule has 0 saturated heterocycles. The summed E-state index contributed by atoms with van der Waals surface area (Å²) in [6, 6.07) is 44.8. The summed E-state index contributed by atoms with van der Waals surface area (Å²) in [6.45, 7) is 0. The van der Waals surface area contributed by atoms with E-state index >= 15 is 0 Å². The molecule has 6 aromatic carbocycles. The highest BCUT2D eigenvalue weighted by Gasteiger charge is 2.27. The van der Waals surface area contributed by atoms with Gasteiger partial charge in [0, 0.05) is 32.7 Å². The predicted molar refractivity (Wildman–Crippen MR) is 171 cm³/mol. The van der Waals surface area contributed by atoms with Crippen LogP contribution in [0, 0.1) is 0 Å². The highest BCUT2D eigenvalue weighted by molar-refractivity contribution is 6.21. The number of hydrogen-bond acceptors (Lipinski definition) is 3. The van der Waals surface area contributed by atoms with Gasteiger partial charge < -0.3 is 4.42 Å². The minimum Gasteiger partial charge on any atom is -0.456 e. The Morgan fingerprint density at radius 2 is 1.19 bits per heavy atom. The van der Waals surface area contributed by atoms with Crippen LogP contribution in [0.15, 0.2) is 132 Å². The fraction of sp³-hybridized carbons (Fsp3) is 0. The molecule has 0 amide bonds. The maximum atomic E-state index is 6.15. The zero-order valence-corrected chi connectivity index (χ0v) is 22.4. The largest absolute Gasteiger partial charge is 0.456 e. The molecule has 1 aliphatic heterocycles. The summed E-state index contributed by atoms with van der Waals surface area (Å²) < 4.78 is 8.49. The summed E-state index contributed by atoms with van der Waals surface area (Å²) in [5.74, 6) is 0.861. The standard InChI is InChI=1S/C38H21N3O/c1-2-11-26-24(9-1)27-13-7-14-28-35-23(22-19-20-34-29(21-22)25-10-3-6-18-33(25)42-34)12-8-17-32(35)41(37(27)28)38-36(26)39-30-15-4-5-16-31(30)40-38/h1-21H. The van der Waals surface area contributed by atoms with Crippen molar-refractivity contribution in [2.45, 2.75) is 0 Å². The van der Waals surface area contributed by atoms with Crippen molar-refractivity contribution < 1.29 is 4.42 Å². The number of benzene rings is 6. The van der Waals surface area contributed by atoms with Gasteiger partial charge in [-0.05, 0) is 53.1 Å². The summed E-state index contributed by atoms with van der Waals surface area (Å²) in [7, 11) is 0. The molecule has 9 aromatic rings. The molecule has 0 radical (unpaired) electrons. The molecule has 0 fully saturated rings. The van der Waals surface area contributed by atoms with Gasteiger partial charge >= 0.3 is 0 Å². The molecule has 194 valence electrons. The third kappa shape index (κ3) is 2.80. The molecule has 3 aromatic heterocycles. The van der Waals surface area contributed by atoms with Gasteiger partial charge in [-0.1, -0.05) is 91.0 Å². The topological polar surface area (TPSA) is 43.9 Å². The van der Waals surface area contributed by atoms with Crippen molar-refractivity contribution in [3.05, 3.63) is 127 Å². The maximum absolute atomic E-state index is 6.15. The van der Waals surface area contributed by atoms with Crippen LogP contribution in [-0.2, 0) is 0 Å². The average molecular weight is 536 g/mol. The maximum Gasteiger partial charge on any atom is 0.165 e. The number of furan rings is 1. The third-order valence-corrected chi connectivity index (χ3v) is 8.74. The van der Waals surface area contributed by atoms with Crippen LogP contribution in [0.1, 0.15) is 0 Å². The molecule has 1 aliphatic rings. The summed E-state index contributed by atoms with van der Waals surface area (Å²) in [5, 5.41) is 4.67. The first-order chi connectivity index (χ1) is 20.8. The molecular weight excluding hydrogens is 514 g/mol. The zero-order valence-electron chi connectivity index (χ0n) is 22.4. The zero-order chi connectivity index (χ0) is 27.4. The van der Waals surface area contributed by atoms with Crippen LogP contribution < -0.4 is 0 Å². The lowest BCUT2D eigenvalue weighted by Gasteiger charge is -2.12. The number of rotatable bonds is 1. The van der Waals surface area contributed by atoms with Crippen LogP contribution in [0.4, 0.5) is 0 Å². The molecule has 10 rings (SSSR count). The van der Waals surface area contributed by atoms with Crippen molar-refractivity contribution in [3.63, 3.8) is 0 Å². The molecule has 42 heavy (non-hydrogen) atoms. The number of fused-ring (bicyclic) bond motifs is 12. The normalized spacial score (nSPS) is 12.3. The SMILES string of the molecule is c1ccc2c(c1)-c1nc3ccccc3nc1-n1c3cccc(-c4ccc5oc6ccccc6c5c4)c3c3cccc-2c31. The van der Waals surface area contributed by atoms with Crippen molar-refractivity contribution in [3.8, 4) is 39.3 Å². The quantitative estimate of drug-likeness (QED) is 0.210. The van der Waals surface area contributed by atoms with Gasteiger partial charge in [0.1, 0.15) is 16.9 Å². The Labute approximate surface area is 240 Å². The predicted octanol–water partition coefficient (Wildman–Crippen LogP) is 9.94. The van der Waals surface area contributed by atoms with E-state index in [-0.39, 0.29) is 0 Å². The van der Waals surface area contributed by atoms with E-state index in [2.05, 4.69) is 95.6 Å². The van der Waals surface area contributed by atoms with Crippen LogP contribution in [0.25, 0.3) is 94.1 Å². The molecule has 4 heteroatoms. The fourth-order valence-corrected chi connectivity index (χ4v) is 6.94. The Hall–Kier alpha value is -5.74. The summed E-state index contributed by atoms with van der Waals surface area (Å²) in [5.41, 5.74) is 12.6. The molecule has 4 nitrogen and oxygen atoms in total. The third-order valence-electron chi connectivity index (χ3n) is 8.74. The van der Waals surface area contributed by atoms with E-state index in [1.165, 1.54) is 27.5 Å². The number of aromatic nitrogens is 3. The molecule has 4 heterocycles. The smallest absolute Gasteiger partial charge is 0.165 e. The van der Waals surface area contributed by atoms with Gasteiger partial charge in [0.25, 0.3) is 0 Å². The van der Waals surface area contributed by atoms with Gasteiger partial charge in [0.15, 0.2) is 5.82 Å². The van der Waals surface area contributed by atoms with E-state index < -0.39 is 0 Å². The van der Waals surface area contributed by atoms with Crippen LogP contribution in [0.3, 0.4) is 0 Å². The van der Waals surface area contributed by atoms with Crippen molar-refractivity contribution in [1.82, 2.24) is 14.5 Å². The Balaban J connectivity index is 1.37. The van der Waals surface area contributed by atoms with E-state index in [0.717, 1.165) is 66.6 Å². The lowest BCUT2D eigenvalue weighted by Crippen LogP contribution is -2.02. The molecular formula is C38H21N3O. The van der Waals surface area contributed by atoms with Crippen LogP contribution in [0.5, 0.6) is 0 Å². The van der Waals surface area contributed by atoms with Gasteiger partial charge in [-0.15, -0.1) is 0 Å². The lowest BCUT2D eigenvalue weighted by molar-refractivity contribution is 0.669. The second kappa shape index (κ2) is 7.93. The minimum atomic E-state index is 0.861. The Morgan fingerprint density at radius 3 is 2.12 bits per heavy atom. The Morgan fingerprint density at radius 1 is 0.500 bits per heavy atom. The van der Waals surface area contributed by atoms with Crippen molar-refractivity contribution in [2.75, 3.05) is 0 Å². The average Bonchev–Trinajstić information content (AvgIpc) is 3.56. The first-order valence-electron chi connectivity index (χ1n) is 14.2. The summed E-state index contributed by atoms with van der Waals surface area (Å²) in [6.07, 6.45) is 0. The van der Waals surface area contributed by atoms with E-state index in [1.807, 2.05) is 36.4 Å². The van der Waals surface area contributed by atoms with Crippen molar-refractivity contribution in [1.29, 1.82) is 0 Å². The van der Waals surface area contributed by atoms with Crippen molar-refractivity contribution >= 4 is 54.8 Å². The lowest BCUT2D eigenvalue weighted by atomic mass is 9.94. The second-order valence-corrected chi connectivity index (χ2v) is 11.0. The molecule has 0 unspecified atom stereocenters. The first kappa shape index (κ1) is 22.0. The van der Waals surface area contributed by atoms with E-state index in [0.29, 0.717) is 0 Å². The fourth-order valence-electron chi connectivity index (χ4n) is 6.94. The Kier molecular flexibility index (Phi) is 4.15. The number of nitrogens with zero attached hydrogens (tertiary/aromatic N) is 3. The monoisotopic (exact) mass is 535 g/mol. The van der Waals surface area contributed by atoms with Gasteiger partial charge in [0.05, 0.1) is 22.1 Å². The van der Waals surface area contributed by atoms with Crippen LogP contribution >= 0.6 is 0 Å². The summed E-state index contributed by atoms with van der Waals surface area (Å²) >= 11 is 0. The molecule has 0 bridgehead atoms. The molecule has 0 aliphatic carbocycles. The second-order valence-electron chi connectivity index (χ2n) is 11.0. The van der Waals surface area contributed by atoms with Crippen molar-refractivity contribution in [2.24, 2.45) is 0 Å². The van der Waals surface area contributed by atoms with Gasteiger partial charge in [0.2, 0.25) is 0 Å². The van der Waals surface area contributed by atoms with Crippen LogP contribution in [-0.4, -0.2) is 14.5 Å². The summed E-state index contributed by atoms with van der Waals surface area (Å²) in [4.78, 5) is 10.5. The molecule has 0 N–H and O–H groups in total. The van der Waals surface area contributed by atoms with Crippen LogP contribution in [0.2, 0.25) is 0 Å². The van der Waals surface area contributed by atoms with Gasteiger partial charge in [-0.2, -0.15) is 0 Å². The first-order valence-corrected chi connectivity index (χ1v) is 14.2. The number of para-hydroxylation sites is 4. The highest BCUT2D eigenvalue weighted by Crippen LogP contribution is 2.48. The highest BCUT2D eigenvalue weighted by atomic mass is 16.3. The van der Waals surface area contributed by atoms with E-state index in [9.17, 15) is 0 Å². The minimum absolute atomic E-state index is 0.861. The van der Waals surface area contributed by atoms with Gasteiger partial charge in [-0.3, -0.25) is 4.57 Å². The molecule has 0 atom stereocenters. The number of hydrogen-bond donors (Lipinski definition) is 0. The van der Waals surface area contributed by atoms with E-state index in [4.69, 9.17) is 14.4 Å². The Bertz CT molecular complexity index is 2590. The molecule has 0 saturated carbocycles. The van der Waals surface area contributed by atoms with Gasteiger partial charge in [-0.25, -0.2) is 9.97 Å². The molecule has 0 spiro atoms. The van der Waals surface area contributed by atoms with E-state index in [1.54, 1.807) is 0 Å².